The van der Waals surface area contributed by atoms with Crippen molar-refractivity contribution >= 4 is 33.5 Å². The fourth-order valence-corrected chi connectivity index (χ4v) is 6.75. The number of halogens is 1. The summed E-state index contributed by atoms with van der Waals surface area (Å²) in [5.74, 6) is 0.0130. The Morgan fingerprint density at radius 3 is 2.41 bits per heavy atom. The Labute approximate surface area is 191 Å². The predicted octanol–water partition coefficient (Wildman–Crippen LogP) is 3.78. The van der Waals surface area contributed by atoms with Crippen LogP contribution in [0.1, 0.15) is 48.1 Å². The maximum absolute atomic E-state index is 13.7. The van der Waals surface area contributed by atoms with E-state index in [0.717, 1.165) is 22.6 Å². The molecule has 2 aliphatic rings. The third-order valence-electron chi connectivity index (χ3n) is 6.05. The number of carbonyl (C=O) groups is 2. The Balaban J connectivity index is 1.38. The maximum Gasteiger partial charge on any atom is 0.243 e. The SMILES string of the molecule is CC(=O)c1ccc(S(=O)(=O)N2CCC(C(=O)N[C@@H]3CCSc4ccc(F)cc43)CC2)cc1. The summed E-state index contributed by atoms with van der Waals surface area (Å²) in [5.41, 5.74) is 1.27. The monoisotopic (exact) mass is 476 g/mol. The van der Waals surface area contributed by atoms with E-state index in [1.807, 2.05) is 0 Å². The van der Waals surface area contributed by atoms with Gasteiger partial charge in [0.25, 0.3) is 0 Å². The second kappa shape index (κ2) is 9.33. The Kier molecular flexibility index (Phi) is 6.69. The van der Waals surface area contributed by atoms with Crippen LogP contribution in [-0.2, 0) is 14.8 Å². The van der Waals surface area contributed by atoms with Gasteiger partial charge in [-0.2, -0.15) is 4.31 Å². The molecule has 2 aromatic rings. The lowest BCUT2D eigenvalue weighted by Crippen LogP contribution is -2.44. The van der Waals surface area contributed by atoms with Crippen LogP contribution in [0.3, 0.4) is 0 Å². The first-order chi connectivity index (χ1) is 15.3. The molecule has 1 atom stereocenters. The zero-order valence-electron chi connectivity index (χ0n) is 17.7. The molecule has 170 valence electrons. The van der Waals surface area contributed by atoms with Crippen molar-refractivity contribution in [1.82, 2.24) is 9.62 Å². The summed E-state index contributed by atoms with van der Waals surface area (Å²) in [6, 6.07) is 10.4. The van der Waals surface area contributed by atoms with Crippen LogP contribution < -0.4 is 5.32 Å². The zero-order valence-corrected chi connectivity index (χ0v) is 19.3. The molecule has 0 unspecified atom stereocenters. The van der Waals surface area contributed by atoms with Gasteiger partial charge < -0.3 is 5.32 Å². The number of Topliss-reactive ketones (excluding diaryl/α,β-unsaturated/α-hetero) is 1. The molecule has 1 N–H and O–H groups in total. The molecular formula is C23H25FN2O4S2. The van der Waals surface area contributed by atoms with Crippen LogP contribution in [0, 0.1) is 11.7 Å². The number of piperidine rings is 1. The summed E-state index contributed by atoms with van der Waals surface area (Å²) in [7, 11) is -3.68. The van der Waals surface area contributed by atoms with Crippen LogP contribution in [0.4, 0.5) is 4.39 Å². The second-order valence-corrected chi connectivity index (χ2v) is 11.2. The first kappa shape index (κ1) is 22.9. The minimum absolute atomic E-state index is 0.111. The molecule has 1 saturated heterocycles. The molecule has 0 radical (unpaired) electrons. The van der Waals surface area contributed by atoms with Gasteiger partial charge >= 0.3 is 0 Å². The largest absolute Gasteiger partial charge is 0.349 e. The Morgan fingerprint density at radius 2 is 1.75 bits per heavy atom. The van der Waals surface area contributed by atoms with Crippen molar-refractivity contribution in [2.45, 2.75) is 42.0 Å². The van der Waals surface area contributed by atoms with Gasteiger partial charge in [0.1, 0.15) is 5.82 Å². The summed E-state index contributed by atoms with van der Waals surface area (Å²) < 4.78 is 41.0. The number of sulfonamides is 1. The second-order valence-electron chi connectivity index (χ2n) is 8.14. The van der Waals surface area contributed by atoms with Crippen molar-refractivity contribution in [2.24, 2.45) is 5.92 Å². The van der Waals surface area contributed by atoms with Crippen molar-refractivity contribution in [1.29, 1.82) is 0 Å². The summed E-state index contributed by atoms with van der Waals surface area (Å²) in [5, 5.41) is 3.06. The first-order valence-electron chi connectivity index (χ1n) is 10.6. The molecule has 0 aliphatic carbocycles. The predicted molar refractivity (Wildman–Crippen MR) is 121 cm³/mol. The number of thioether (sulfide) groups is 1. The average Bonchev–Trinajstić information content (AvgIpc) is 2.79. The van der Waals surface area contributed by atoms with Gasteiger partial charge in [-0.25, -0.2) is 12.8 Å². The fraction of sp³-hybridized carbons (Fsp3) is 0.391. The number of nitrogens with zero attached hydrogens (tertiary/aromatic N) is 1. The van der Waals surface area contributed by atoms with Gasteiger partial charge in [-0.1, -0.05) is 12.1 Å². The van der Waals surface area contributed by atoms with E-state index in [9.17, 15) is 22.4 Å². The van der Waals surface area contributed by atoms with E-state index in [-0.39, 0.29) is 47.5 Å². The van der Waals surface area contributed by atoms with E-state index in [2.05, 4.69) is 5.32 Å². The van der Waals surface area contributed by atoms with E-state index in [0.29, 0.717) is 18.4 Å². The number of rotatable bonds is 5. The van der Waals surface area contributed by atoms with Gasteiger partial charge in [-0.3, -0.25) is 9.59 Å². The number of fused-ring (bicyclic) bond motifs is 1. The highest BCUT2D eigenvalue weighted by atomic mass is 32.2. The molecular weight excluding hydrogens is 451 g/mol. The van der Waals surface area contributed by atoms with Gasteiger partial charge in [-0.15, -0.1) is 11.8 Å². The lowest BCUT2D eigenvalue weighted by atomic mass is 9.95. The summed E-state index contributed by atoms with van der Waals surface area (Å²) in [6.45, 7) is 1.93. The van der Waals surface area contributed by atoms with Crippen LogP contribution in [0.15, 0.2) is 52.3 Å². The highest BCUT2D eigenvalue weighted by Crippen LogP contribution is 2.37. The van der Waals surface area contributed by atoms with E-state index in [1.54, 1.807) is 17.8 Å². The number of amides is 1. The van der Waals surface area contributed by atoms with E-state index < -0.39 is 10.0 Å². The molecule has 0 bridgehead atoms. The molecule has 1 fully saturated rings. The molecule has 0 aromatic heterocycles. The van der Waals surface area contributed by atoms with Crippen molar-refractivity contribution < 1.29 is 22.4 Å². The standard InChI is InChI=1S/C23H25FN2O4S2/c1-15(27)16-2-5-19(6-3-16)32(29,30)26-11-8-17(9-12-26)23(28)25-21-10-13-31-22-7-4-18(24)14-20(21)22/h2-7,14,17,21H,8-13H2,1H3,(H,25,28)/t21-/m1/s1. The Morgan fingerprint density at radius 1 is 1.06 bits per heavy atom. The summed E-state index contributed by atoms with van der Waals surface area (Å²) in [6.07, 6.45) is 1.58. The van der Waals surface area contributed by atoms with Crippen LogP contribution >= 0.6 is 11.8 Å². The van der Waals surface area contributed by atoms with Gasteiger partial charge in [-0.05, 0) is 62.1 Å². The smallest absolute Gasteiger partial charge is 0.243 e. The third-order valence-corrected chi connectivity index (χ3v) is 9.09. The van der Waals surface area contributed by atoms with Crippen molar-refractivity contribution in [3.05, 3.63) is 59.4 Å². The molecule has 9 heteroatoms. The van der Waals surface area contributed by atoms with E-state index >= 15 is 0 Å². The third kappa shape index (κ3) is 4.74. The lowest BCUT2D eigenvalue weighted by Gasteiger charge is -2.32. The Hall–Kier alpha value is -2.23. The zero-order chi connectivity index (χ0) is 22.9. The molecule has 2 heterocycles. The number of hydrogen-bond acceptors (Lipinski definition) is 5. The van der Waals surface area contributed by atoms with Crippen LogP contribution in [0.25, 0.3) is 0 Å². The quantitative estimate of drug-likeness (QED) is 0.664. The number of ketones is 1. The number of nitrogens with one attached hydrogen (secondary N) is 1. The van der Waals surface area contributed by atoms with E-state index in [4.69, 9.17) is 0 Å². The fourth-order valence-electron chi connectivity index (χ4n) is 4.17. The van der Waals surface area contributed by atoms with Gasteiger partial charge in [0.05, 0.1) is 10.9 Å². The van der Waals surface area contributed by atoms with Crippen LogP contribution in [0.2, 0.25) is 0 Å². The molecule has 4 rings (SSSR count). The number of hydrogen-bond donors (Lipinski definition) is 1. The summed E-state index contributed by atoms with van der Waals surface area (Å²) in [4.78, 5) is 25.4. The first-order valence-corrected chi connectivity index (χ1v) is 13.0. The average molecular weight is 477 g/mol. The highest BCUT2D eigenvalue weighted by molar-refractivity contribution is 7.99. The topological polar surface area (TPSA) is 83.6 Å². The maximum atomic E-state index is 13.7. The van der Waals surface area contributed by atoms with Gasteiger partial charge in [0.15, 0.2) is 5.78 Å². The normalized spacial score (nSPS) is 19.9. The minimum Gasteiger partial charge on any atom is -0.349 e. The Bertz CT molecular complexity index is 1130. The van der Waals surface area contributed by atoms with Crippen molar-refractivity contribution in [2.75, 3.05) is 18.8 Å². The van der Waals surface area contributed by atoms with Gasteiger partial charge in [0, 0.05) is 35.2 Å². The molecule has 6 nitrogen and oxygen atoms in total. The molecule has 0 saturated carbocycles. The molecule has 2 aliphatic heterocycles. The van der Waals surface area contributed by atoms with Crippen LogP contribution in [0.5, 0.6) is 0 Å². The molecule has 0 spiro atoms. The molecule has 32 heavy (non-hydrogen) atoms. The van der Waals surface area contributed by atoms with Crippen molar-refractivity contribution in [3.8, 4) is 0 Å². The summed E-state index contributed by atoms with van der Waals surface area (Å²) >= 11 is 1.66. The van der Waals surface area contributed by atoms with Gasteiger partial charge in [0.2, 0.25) is 15.9 Å². The van der Waals surface area contributed by atoms with Crippen LogP contribution in [-0.4, -0.2) is 43.3 Å². The number of benzene rings is 2. The number of carbonyl (C=O) groups excluding carboxylic acids is 2. The molecule has 2 aromatic carbocycles. The molecule has 1 amide bonds. The highest BCUT2D eigenvalue weighted by Gasteiger charge is 2.33. The minimum atomic E-state index is -3.68. The van der Waals surface area contributed by atoms with Crippen molar-refractivity contribution in [3.63, 3.8) is 0 Å². The lowest BCUT2D eigenvalue weighted by molar-refractivity contribution is -0.127. The van der Waals surface area contributed by atoms with E-state index in [1.165, 1.54) is 47.6 Å².